The Morgan fingerprint density at radius 2 is 1.77 bits per heavy atom. The molecule has 1 heterocycles. The van der Waals surface area contributed by atoms with Gasteiger partial charge in [0.1, 0.15) is 0 Å². The molecule has 1 nitrogen and oxygen atoms in total. The van der Waals surface area contributed by atoms with Gasteiger partial charge in [0.15, 0.2) is 0 Å². The Hall–Kier alpha value is -0.240. The van der Waals surface area contributed by atoms with Crippen LogP contribution in [0.3, 0.4) is 0 Å². The Labute approximate surface area is 88.0 Å². The Bertz CT molecular complexity index is 292. The summed E-state index contributed by atoms with van der Waals surface area (Å²) in [5, 5.41) is 4.67. The van der Waals surface area contributed by atoms with Crippen molar-refractivity contribution in [3.63, 3.8) is 0 Å². The van der Waals surface area contributed by atoms with E-state index in [4.69, 9.17) is 23.2 Å². The second kappa shape index (κ2) is 3.87. The predicted octanol–water partition coefficient (Wildman–Crippen LogP) is 3.03. The smallest absolute Gasteiger partial charge is 0.0595 e. The second-order valence-corrected chi connectivity index (χ2v) is 4.13. The van der Waals surface area contributed by atoms with Crippen molar-refractivity contribution in [1.82, 2.24) is 5.32 Å². The van der Waals surface area contributed by atoms with E-state index in [0.29, 0.717) is 10.0 Å². The molecule has 1 N–H and O–H groups in total. The first-order valence-electron chi connectivity index (χ1n) is 4.45. The van der Waals surface area contributed by atoms with Gasteiger partial charge in [0.05, 0.1) is 10.0 Å². The average molecular weight is 216 g/mol. The van der Waals surface area contributed by atoms with Gasteiger partial charge in [0, 0.05) is 6.54 Å². The van der Waals surface area contributed by atoms with Crippen molar-refractivity contribution < 1.29 is 0 Å². The lowest BCUT2D eigenvalue weighted by Crippen LogP contribution is -2.11. The van der Waals surface area contributed by atoms with E-state index in [-0.39, 0.29) is 0 Å². The van der Waals surface area contributed by atoms with Crippen LogP contribution in [0.4, 0.5) is 0 Å². The van der Waals surface area contributed by atoms with Crippen molar-refractivity contribution in [2.75, 3.05) is 6.54 Å². The standard InChI is InChI=1S/C10H11Cl2N/c11-9-4-7-2-1-3-13-6-8(7)5-10(9)12/h4-5,13H,1-3,6H2. The molecule has 2 rings (SSSR count). The normalized spacial score (nSPS) is 16.5. The van der Waals surface area contributed by atoms with E-state index in [1.807, 2.05) is 12.1 Å². The molecule has 13 heavy (non-hydrogen) atoms. The molecule has 1 aromatic rings. The molecule has 0 bridgehead atoms. The summed E-state index contributed by atoms with van der Waals surface area (Å²) >= 11 is 11.9. The zero-order valence-corrected chi connectivity index (χ0v) is 8.75. The fraction of sp³-hybridized carbons (Fsp3) is 0.400. The summed E-state index contributed by atoms with van der Waals surface area (Å²) in [5.74, 6) is 0. The largest absolute Gasteiger partial charge is 0.313 e. The van der Waals surface area contributed by atoms with Gasteiger partial charge >= 0.3 is 0 Å². The number of nitrogens with one attached hydrogen (secondary N) is 1. The quantitative estimate of drug-likeness (QED) is 0.702. The Morgan fingerprint density at radius 1 is 1.08 bits per heavy atom. The number of aryl methyl sites for hydroxylation is 1. The fourth-order valence-electron chi connectivity index (χ4n) is 1.65. The lowest BCUT2D eigenvalue weighted by atomic mass is 10.0. The number of hydrogen-bond acceptors (Lipinski definition) is 1. The van der Waals surface area contributed by atoms with Crippen molar-refractivity contribution in [3.05, 3.63) is 33.3 Å². The Morgan fingerprint density at radius 3 is 2.54 bits per heavy atom. The summed E-state index contributed by atoms with van der Waals surface area (Å²) < 4.78 is 0. The maximum atomic E-state index is 5.95. The van der Waals surface area contributed by atoms with Crippen LogP contribution in [0.5, 0.6) is 0 Å². The van der Waals surface area contributed by atoms with Crippen molar-refractivity contribution in [2.24, 2.45) is 0 Å². The first-order chi connectivity index (χ1) is 6.27. The summed E-state index contributed by atoms with van der Waals surface area (Å²) in [7, 11) is 0. The molecule has 0 fully saturated rings. The summed E-state index contributed by atoms with van der Waals surface area (Å²) in [6.45, 7) is 1.98. The van der Waals surface area contributed by atoms with Crippen LogP contribution >= 0.6 is 23.2 Å². The van der Waals surface area contributed by atoms with Gasteiger partial charge < -0.3 is 5.32 Å². The minimum absolute atomic E-state index is 0.657. The number of rotatable bonds is 0. The SMILES string of the molecule is Clc1cc2c(cc1Cl)CNCCC2. The van der Waals surface area contributed by atoms with Crippen LogP contribution in [0, 0.1) is 0 Å². The summed E-state index contributed by atoms with van der Waals surface area (Å²) in [4.78, 5) is 0. The van der Waals surface area contributed by atoms with Crippen molar-refractivity contribution in [1.29, 1.82) is 0 Å². The first kappa shape index (κ1) is 9.32. The molecular formula is C10H11Cl2N. The molecule has 0 radical (unpaired) electrons. The van der Waals surface area contributed by atoms with Gasteiger partial charge in [-0.15, -0.1) is 0 Å². The molecule has 70 valence electrons. The molecule has 1 aromatic carbocycles. The van der Waals surface area contributed by atoms with E-state index in [0.717, 1.165) is 19.5 Å². The van der Waals surface area contributed by atoms with Crippen LogP contribution in [-0.4, -0.2) is 6.54 Å². The highest BCUT2D eigenvalue weighted by Crippen LogP contribution is 2.27. The van der Waals surface area contributed by atoms with E-state index in [9.17, 15) is 0 Å². The van der Waals surface area contributed by atoms with Gasteiger partial charge in [-0.3, -0.25) is 0 Å². The highest BCUT2D eigenvalue weighted by molar-refractivity contribution is 6.42. The van der Waals surface area contributed by atoms with Crippen molar-refractivity contribution in [2.45, 2.75) is 19.4 Å². The molecule has 0 spiro atoms. The van der Waals surface area contributed by atoms with Crippen molar-refractivity contribution >= 4 is 23.2 Å². The van der Waals surface area contributed by atoms with E-state index in [1.54, 1.807) is 0 Å². The van der Waals surface area contributed by atoms with Gasteiger partial charge in [-0.2, -0.15) is 0 Å². The van der Waals surface area contributed by atoms with E-state index in [1.165, 1.54) is 17.5 Å². The van der Waals surface area contributed by atoms with Crippen LogP contribution in [0.1, 0.15) is 17.5 Å². The second-order valence-electron chi connectivity index (χ2n) is 3.32. The first-order valence-corrected chi connectivity index (χ1v) is 5.20. The van der Waals surface area contributed by atoms with E-state index in [2.05, 4.69) is 5.32 Å². The zero-order chi connectivity index (χ0) is 9.26. The predicted molar refractivity (Wildman–Crippen MR) is 56.5 cm³/mol. The van der Waals surface area contributed by atoms with Crippen molar-refractivity contribution in [3.8, 4) is 0 Å². The van der Waals surface area contributed by atoms with Crippen LogP contribution in [-0.2, 0) is 13.0 Å². The third kappa shape index (κ3) is 1.98. The summed E-state index contributed by atoms with van der Waals surface area (Å²) in [5.41, 5.74) is 2.62. The molecule has 0 saturated carbocycles. The van der Waals surface area contributed by atoms with Gasteiger partial charge in [0.2, 0.25) is 0 Å². The molecule has 0 aromatic heterocycles. The molecule has 3 heteroatoms. The molecule has 0 atom stereocenters. The maximum Gasteiger partial charge on any atom is 0.0595 e. The highest BCUT2D eigenvalue weighted by Gasteiger charge is 2.09. The fourth-order valence-corrected chi connectivity index (χ4v) is 2.03. The molecular weight excluding hydrogens is 205 g/mol. The monoisotopic (exact) mass is 215 g/mol. The third-order valence-corrected chi connectivity index (χ3v) is 3.08. The zero-order valence-electron chi connectivity index (χ0n) is 7.24. The molecule has 0 amide bonds. The van der Waals surface area contributed by atoms with E-state index >= 15 is 0 Å². The Balaban J connectivity index is 2.43. The number of halogens is 2. The maximum absolute atomic E-state index is 5.95. The molecule has 1 aliphatic rings. The van der Waals surface area contributed by atoms with Gasteiger partial charge in [-0.25, -0.2) is 0 Å². The molecule has 0 aliphatic carbocycles. The lowest BCUT2D eigenvalue weighted by Gasteiger charge is -2.06. The minimum atomic E-state index is 0.657. The molecule has 0 saturated heterocycles. The van der Waals surface area contributed by atoms with Gasteiger partial charge in [-0.05, 0) is 42.6 Å². The average Bonchev–Trinajstić information content (AvgIpc) is 2.31. The van der Waals surface area contributed by atoms with Crippen LogP contribution in [0.2, 0.25) is 10.0 Å². The molecule has 0 unspecified atom stereocenters. The van der Waals surface area contributed by atoms with Crippen LogP contribution in [0.15, 0.2) is 12.1 Å². The molecule has 1 aliphatic heterocycles. The number of fused-ring (bicyclic) bond motifs is 1. The number of hydrogen-bond donors (Lipinski definition) is 1. The third-order valence-electron chi connectivity index (χ3n) is 2.36. The van der Waals surface area contributed by atoms with Gasteiger partial charge in [0.25, 0.3) is 0 Å². The summed E-state index contributed by atoms with van der Waals surface area (Å²) in [6, 6.07) is 3.96. The highest BCUT2D eigenvalue weighted by atomic mass is 35.5. The van der Waals surface area contributed by atoms with Gasteiger partial charge in [-0.1, -0.05) is 23.2 Å². The van der Waals surface area contributed by atoms with Crippen LogP contribution < -0.4 is 5.32 Å². The topological polar surface area (TPSA) is 12.0 Å². The minimum Gasteiger partial charge on any atom is -0.313 e. The Kier molecular flexibility index (Phi) is 2.77. The number of benzene rings is 1. The lowest BCUT2D eigenvalue weighted by molar-refractivity contribution is 0.681. The van der Waals surface area contributed by atoms with Crippen LogP contribution in [0.25, 0.3) is 0 Å². The van der Waals surface area contributed by atoms with E-state index < -0.39 is 0 Å². The summed E-state index contributed by atoms with van der Waals surface area (Å²) in [6.07, 6.45) is 2.27.